The molecule has 0 saturated carbocycles. The fourth-order valence-corrected chi connectivity index (χ4v) is 0.534. The van der Waals surface area contributed by atoms with Crippen molar-refractivity contribution in [1.82, 2.24) is 0 Å². The summed E-state index contributed by atoms with van der Waals surface area (Å²) in [5, 5.41) is 0. The van der Waals surface area contributed by atoms with E-state index in [1.807, 2.05) is 32.0 Å². The third-order valence-electron chi connectivity index (χ3n) is 1.52. The summed E-state index contributed by atoms with van der Waals surface area (Å²) in [6, 6.07) is 10.3. The van der Waals surface area contributed by atoms with E-state index < -0.39 is 0 Å². The van der Waals surface area contributed by atoms with Crippen LogP contribution in [0.25, 0.3) is 0 Å². The number of ether oxygens (including phenoxy) is 2. The van der Waals surface area contributed by atoms with E-state index in [1.54, 1.807) is 14.2 Å². The Morgan fingerprint density at radius 3 is 1.33 bits per heavy atom. The van der Waals surface area contributed by atoms with Crippen molar-refractivity contribution in [1.29, 1.82) is 0 Å². The summed E-state index contributed by atoms with van der Waals surface area (Å²) in [6.45, 7) is 7.64. The Bertz CT molecular complexity index is 177. The van der Waals surface area contributed by atoms with Crippen LogP contribution in [0.3, 0.4) is 0 Å². The summed E-state index contributed by atoms with van der Waals surface area (Å²) in [5.41, 5.74) is 1.32. The van der Waals surface area contributed by atoms with Gasteiger partial charge in [0.1, 0.15) is 0 Å². The lowest BCUT2D eigenvalue weighted by atomic mass is 10.2. The Hall–Kier alpha value is -0.860. The van der Waals surface area contributed by atoms with Gasteiger partial charge in [-0.2, -0.15) is 0 Å². The predicted octanol–water partition coefficient (Wildman–Crippen LogP) is 3.30. The van der Waals surface area contributed by atoms with Crippen molar-refractivity contribution in [3.63, 3.8) is 0 Å². The van der Waals surface area contributed by atoms with Gasteiger partial charge in [0.15, 0.2) is 0 Å². The highest BCUT2D eigenvalue weighted by Crippen LogP contribution is 1.92. The van der Waals surface area contributed by atoms with Gasteiger partial charge in [-0.1, -0.05) is 35.9 Å². The Balaban J connectivity index is 0. The van der Waals surface area contributed by atoms with Gasteiger partial charge in [-0.15, -0.1) is 0 Å². The maximum atomic E-state index is 4.54. The molecule has 0 fully saturated rings. The fraction of sp³-hybridized carbons (Fsp3) is 0.538. The first-order valence-electron chi connectivity index (χ1n) is 5.22. The summed E-state index contributed by atoms with van der Waals surface area (Å²) in [6.07, 6.45) is 0. The molecule has 1 rings (SSSR count). The van der Waals surface area contributed by atoms with E-state index >= 15 is 0 Å². The molecule has 1 aromatic carbocycles. The van der Waals surface area contributed by atoms with Crippen molar-refractivity contribution in [3.8, 4) is 0 Å². The summed E-state index contributed by atoms with van der Waals surface area (Å²) < 4.78 is 9.08. The van der Waals surface area contributed by atoms with Crippen molar-refractivity contribution in [2.24, 2.45) is 0 Å². The highest BCUT2D eigenvalue weighted by atomic mass is 16.5. The lowest BCUT2D eigenvalue weighted by Gasteiger charge is -1.82. The summed E-state index contributed by atoms with van der Waals surface area (Å²) in [4.78, 5) is 0. The van der Waals surface area contributed by atoms with Crippen molar-refractivity contribution >= 4 is 0 Å². The van der Waals surface area contributed by atoms with Gasteiger partial charge in [-0.25, -0.2) is 0 Å². The van der Waals surface area contributed by atoms with Crippen LogP contribution in [-0.4, -0.2) is 27.4 Å². The Morgan fingerprint density at radius 1 is 0.867 bits per heavy atom. The monoisotopic (exact) mass is 212 g/mol. The molecule has 0 heterocycles. The zero-order valence-corrected chi connectivity index (χ0v) is 10.6. The molecule has 0 bridgehead atoms. The van der Waals surface area contributed by atoms with Crippen LogP contribution < -0.4 is 0 Å². The molecule has 0 unspecified atom stereocenters. The van der Waals surface area contributed by atoms with Gasteiger partial charge in [0, 0.05) is 27.4 Å². The largest absolute Gasteiger partial charge is 0.385 e. The van der Waals surface area contributed by atoms with Crippen LogP contribution in [-0.2, 0) is 9.47 Å². The smallest absolute Gasteiger partial charge is 0.0433 e. The number of rotatable bonds is 2. The normalized spacial score (nSPS) is 8.07. The molecular weight excluding hydrogens is 188 g/mol. The van der Waals surface area contributed by atoms with Gasteiger partial charge in [-0.05, 0) is 20.8 Å². The molecule has 2 heteroatoms. The molecule has 0 radical (unpaired) electrons. The standard InChI is InChI=1S/C7H8.2C3H8O/c1-7-5-3-2-4-6-7;2*1-3-4-2/h2-6H,1H3;2*3H2,1-2H3. The van der Waals surface area contributed by atoms with Crippen LogP contribution in [0.1, 0.15) is 19.4 Å². The van der Waals surface area contributed by atoms with E-state index in [9.17, 15) is 0 Å². The first-order chi connectivity index (χ1) is 7.22. The van der Waals surface area contributed by atoms with Crippen molar-refractivity contribution in [2.75, 3.05) is 27.4 Å². The molecule has 1 aromatic rings. The molecule has 15 heavy (non-hydrogen) atoms. The van der Waals surface area contributed by atoms with Crippen LogP contribution in [0.4, 0.5) is 0 Å². The van der Waals surface area contributed by atoms with E-state index in [1.165, 1.54) is 5.56 Å². The highest BCUT2D eigenvalue weighted by molar-refractivity contribution is 5.11. The molecule has 0 aliphatic carbocycles. The molecule has 0 amide bonds. The van der Waals surface area contributed by atoms with Crippen LogP contribution in [0.5, 0.6) is 0 Å². The zero-order valence-electron chi connectivity index (χ0n) is 10.6. The molecule has 0 aliphatic heterocycles. The second-order valence-electron chi connectivity index (χ2n) is 2.81. The highest BCUT2D eigenvalue weighted by Gasteiger charge is 1.72. The number of benzene rings is 1. The molecule has 2 nitrogen and oxygen atoms in total. The Morgan fingerprint density at radius 2 is 1.20 bits per heavy atom. The van der Waals surface area contributed by atoms with Crippen LogP contribution in [0.15, 0.2) is 30.3 Å². The van der Waals surface area contributed by atoms with E-state index in [2.05, 4.69) is 28.5 Å². The minimum absolute atomic E-state index is 0.819. The number of hydrogen-bond acceptors (Lipinski definition) is 2. The summed E-state index contributed by atoms with van der Waals surface area (Å²) in [5.74, 6) is 0. The third kappa shape index (κ3) is 19.5. The topological polar surface area (TPSA) is 18.5 Å². The molecule has 88 valence electrons. The van der Waals surface area contributed by atoms with Crippen molar-refractivity contribution < 1.29 is 9.47 Å². The number of aryl methyl sites for hydroxylation is 1. The van der Waals surface area contributed by atoms with E-state index in [0.29, 0.717) is 0 Å². The van der Waals surface area contributed by atoms with Gasteiger partial charge >= 0.3 is 0 Å². The quantitative estimate of drug-likeness (QED) is 0.749. The molecule has 0 spiro atoms. The van der Waals surface area contributed by atoms with Gasteiger partial charge < -0.3 is 9.47 Å². The minimum atomic E-state index is 0.819. The Kier molecular flexibility index (Phi) is 17.2. The van der Waals surface area contributed by atoms with E-state index in [4.69, 9.17) is 0 Å². The van der Waals surface area contributed by atoms with Gasteiger partial charge in [-0.3, -0.25) is 0 Å². The minimum Gasteiger partial charge on any atom is -0.385 e. The molecule has 0 aromatic heterocycles. The number of hydrogen-bond donors (Lipinski definition) is 0. The molecule has 0 N–H and O–H groups in total. The maximum Gasteiger partial charge on any atom is 0.0433 e. The first-order valence-corrected chi connectivity index (χ1v) is 5.22. The fourth-order valence-electron chi connectivity index (χ4n) is 0.534. The molecular formula is C13H24O2. The van der Waals surface area contributed by atoms with Crippen LogP contribution in [0, 0.1) is 6.92 Å². The average Bonchev–Trinajstić information content (AvgIpc) is 2.31. The summed E-state index contributed by atoms with van der Waals surface area (Å²) >= 11 is 0. The average molecular weight is 212 g/mol. The lowest BCUT2D eigenvalue weighted by molar-refractivity contribution is 0.215. The van der Waals surface area contributed by atoms with E-state index in [0.717, 1.165) is 13.2 Å². The Labute approximate surface area is 94.2 Å². The van der Waals surface area contributed by atoms with Gasteiger partial charge in [0.05, 0.1) is 0 Å². The van der Waals surface area contributed by atoms with Gasteiger partial charge in [0.25, 0.3) is 0 Å². The third-order valence-corrected chi connectivity index (χ3v) is 1.52. The first kappa shape index (κ1) is 16.6. The second kappa shape index (κ2) is 15.6. The molecule has 0 aliphatic rings. The van der Waals surface area contributed by atoms with Crippen LogP contribution in [0.2, 0.25) is 0 Å². The summed E-state index contributed by atoms with van der Waals surface area (Å²) in [7, 11) is 3.36. The van der Waals surface area contributed by atoms with E-state index in [-0.39, 0.29) is 0 Å². The molecule has 0 saturated heterocycles. The van der Waals surface area contributed by atoms with Gasteiger partial charge in [0.2, 0.25) is 0 Å². The molecule has 0 atom stereocenters. The maximum absolute atomic E-state index is 4.54. The number of methoxy groups -OCH3 is 2. The van der Waals surface area contributed by atoms with Crippen molar-refractivity contribution in [2.45, 2.75) is 20.8 Å². The van der Waals surface area contributed by atoms with Crippen molar-refractivity contribution in [3.05, 3.63) is 35.9 Å². The second-order valence-corrected chi connectivity index (χ2v) is 2.81. The van der Waals surface area contributed by atoms with Crippen LogP contribution >= 0.6 is 0 Å². The SMILES string of the molecule is CCOC.CCOC.Cc1ccccc1. The zero-order chi connectivity index (χ0) is 11.9. The predicted molar refractivity (Wildman–Crippen MR) is 66.3 cm³/mol. The lowest BCUT2D eigenvalue weighted by Crippen LogP contribution is -1.73.